The van der Waals surface area contributed by atoms with Gasteiger partial charge in [-0.1, -0.05) is 26.8 Å². The van der Waals surface area contributed by atoms with Crippen molar-refractivity contribution in [1.29, 1.82) is 0 Å². The molecule has 1 aromatic rings. The lowest BCUT2D eigenvalue weighted by Crippen LogP contribution is -2.63. The highest BCUT2D eigenvalue weighted by Crippen LogP contribution is 2.39. The lowest BCUT2D eigenvalue weighted by Gasteiger charge is -2.46. The van der Waals surface area contributed by atoms with E-state index in [0.717, 1.165) is 6.07 Å². The lowest BCUT2D eigenvalue weighted by atomic mass is 9.86. The zero-order valence-electron chi connectivity index (χ0n) is 25.0. The first-order valence-electron chi connectivity index (χ1n) is 14.0. The number of likely N-dealkylation sites (tertiary alicyclic amines) is 1. The maximum atomic E-state index is 14.9. The molecule has 5 atom stereocenters. The summed E-state index contributed by atoms with van der Waals surface area (Å²) in [4.78, 5) is 45.3. The standard InChI is InChI=1S/C30H46F2N4O3/c1-18-15-36(28(39)26(33-20(3)37)13-29(4,5)6)19(2)14-35(18)27(38)24-17-34(30(7,8)9)16-23(24)22-11-10-21(31)12-25(22)32/h10-12,18-19,23-24,26H,13-17H2,1-9H3,(H,33,37)/t18-,19+,23-,24+,26?/m0/s1. The number of hydrogen-bond acceptors (Lipinski definition) is 4. The highest BCUT2D eigenvalue weighted by atomic mass is 19.1. The molecule has 2 aliphatic rings. The summed E-state index contributed by atoms with van der Waals surface area (Å²) < 4.78 is 28.6. The first-order chi connectivity index (χ1) is 17.9. The minimum Gasteiger partial charge on any atom is -0.345 e. The van der Waals surface area contributed by atoms with Crippen LogP contribution in [0.5, 0.6) is 0 Å². The third-order valence-corrected chi connectivity index (χ3v) is 7.99. The Morgan fingerprint density at radius 1 is 0.949 bits per heavy atom. The Labute approximate surface area is 232 Å². The van der Waals surface area contributed by atoms with Crippen molar-refractivity contribution in [2.24, 2.45) is 11.3 Å². The minimum absolute atomic E-state index is 0.0740. The van der Waals surface area contributed by atoms with Crippen LogP contribution in [0.3, 0.4) is 0 Å². The van der Waals surface area contributed by atoms with Gasteiger partial charge in [0.05, 0.1) is 5.92 Å². The van der Waals surface area contributed by atoms with E-state index in [1.54, 1.807) is 4.90 Å². The number of benzene rings is 1. The molecule has 1 aromatic carbocycles. The van der Waals surface area contributed by atoms with E-state index in [-0.39, 0.29) is 40.8 Å². The second-order valence-electron chi connectivity index (χ2n) is 13.7. The predicted molar refractivity (Wildman–Crippen MR) is 148 cm³/mol. The van der Waals surface area contributed by atoms with Crippen molar-refractivity contribution < 1.29 is 23.2 Å². The molecular formula is C30H46F2N4O3. The average Bonchev–Trinajstić information content (AvgIpc) is 3.23. The molecule has 7 nitrogen and oxygen atoms in total. The molecule has 3 rings (SSSR count). The second-order valence-corrected chi connectivity index (χ2v) is 13.7. The number of amides is 3. The molecular weight excluding hydrogens is 502 g/mol. The van der Waals surface area contributed by atoms with Crippen LogP contribution < -0.4 is 5.32 Å². The van der Waals surface area contributed by atoms with Crippen LogP contribution in [0, 0.1) is 23.0 Å². The van der Waals surface area contributed by atoms with Gasteiger partial charge < -0.3 is 15.1 Å². The van der Waals surface area contributed by atoms with E-state index in [2.05, 4.69) is 31.0 Å². The maximum Gasteiger partial charge on any atom is 0.245 e. The van der Waals surface area contributed by atoms with E-state index in [9.17, 15) is 23.2 Å². The molecule has 39 heavy (non-hydrogen) atoms. The Morgan fingerprint density at radius 2 is 1.54 bits per heavy atom. The molecule has 1 N–H and O–H groups in total. The van der Waals surface area contributed by atoms with Crippen molar-refractivity contribution in [2.45, 2.75) is 98.3 Å². The largest absolute Gasteiger partial charge is 0.345 e. The summed E-state index contributed by atoms with van der Waals surface area (Å²) in [5, 5.41) is 2.82. The molecule has 218 valence electrons. The Bertz CT molecular complexity index is 1080. The lowest BCUT2D eigenvalue weighted by molar-refractivity contribution is -0.150. The number of nitrogens with zero attached hydrogens (tertiary/aromatic N) is 3. The number of piperazine rings is 1. The van der Waals surface area contributed by atoms with Gasteiger partial charge in [-0.3, -0.25) is 19.3 Å². The quantitative estimate of drug-likeness (QED) is 0.600. The van der Waals surface area contributed by atoms with Gasteiger partial charge in [0.2, 0.25) is 17.7 Å². The van der Waals surface area contributed by atoms with E-state index >= 15 is 0 Å². The van der Waals surface area contributed by atoms with Crippen LogP contribution in [0.25, 0.3) is 0 Å². The first kappa shape index (κ1) is 31.0. The van der Waals surface area contributed by atoms with Crippen molar-refractivity contribution in [1.82, 2.24) is 20.0 Å². The highest BCUT2D eigenvalue weighted by molar-refractivity contribution is 5.88. The van der Waals surface area contributed by atoms with Gasteiger partial charge in [0.25, 0.3) is 0 Å². The van der Waals surface area contributed by atoms with E-state index in [0.29, 0.717) is 38.2 Å². The van der Waals surface area contributed by atoms with Gasteiger partial charge >= 0.3 is 0 Å². The number of rotatable bonds is 5. The number of nitrogens with one attached hydrogen (secondary N) is 1. The molecule has 2 aliphatic heterocycles. The summed E-state index contributed by atoms with van der Waals surface area (Å²) in [5.74, 6) is -2.64. The predicted octanol–water partition coefficient (Wildman–Crippen LogP) is 4.17. The van der Waals surface area contributed by atoms with Crippen LogP contribution >= 0.6 is 0 Å². The fraction of sp³-hybridized carbons (Fsp3) is 0.700. The first-order valence-corrected chi connectivity index (χ1v) is 14.0. The molecule has 9 heteroatoms. The van der Waals surface area contributed by atoms with Crippen molar-refractivity contribution in [2.75, 3.05) is 26.2 Å². The van der Waals surface area contributed by atoms with Gasteiger partial charge in [0.1, 0.15) is 17.7 Å². The summed E-state index contributed by atoms with van der Waals surface area (Å²) in [5.41, 5.74) is -0.0301. The molecule has 2 heterocycles. The molecule has 3 amide bonds. The summed E-state index contributed by atoms with van der Waals surface area (Å²) in [6.07, 6.45) is 0.501. The number of carbonyl (C=O) groups is 3. The number of carbonyl (C=O) groups excluding carboxylic acids is 3. The van der Waals surface area contributed by atoms with Gasteiger partial charge in [-0.05, 0) is 58.1 Å². The zero-order chi connectivity index (χ0) is 29.4. The highest BCUT2D eigenvalue weighted by Gasteiger charge is 2.47. The topological polar surface area (TPSA) is 73.0 Å². The fourth-order valence-corrected chi connectivity index (χ4v) is 5.93. The normalized spacial score (nSPS) is 25.5. The van der Waals surface area contributed by atoms with E-state index in [1.807, 2.05) is 39.5 Å². The van der Waals surface area contributed by atoms with E-state index < -0.39 is 29.5 Å². The zero-order valence-corrected chi connectivity index (χ0v) is 25.0. The summed E-state index contributed by atoms with van der Waals surface area (Å²) in [6, 6.07) is 2.44. The molecule has 0 aliphatic carbocycles. The van der Waals surface area contributed by atoms with Crippen LogP contribution in [-0.2, 0) is 14.4 Å². The molecule has 0 aromatic heterocycles. The fourth-order valence-electron chi connectivity index (χ4n) is 5.93. The van der Waals surface area contributed by atoms with Crippen LogP contribution in [0.1, 0.15) is 80.2 Å². The van der Waals surface area contributed by atoms with Crippen molar-refractivity contribution >= 4 is 17.7 Å². The number of hydrogen-bond donors (Lipinski definition) is 1. The minimum atomic E-state index is -0.642. The molecule has 0 saturated carbocycles. The molecule has 2 fully saturated rings. The van der Waals surface area contributed by atoms with Crippen LogP contribution in [0.4, 0.5) is 8.78 Å². The molecule has 0 bridgehead atoms. The maximum absolute atomic E-state index is 14.9. The van der Waals surface area contributed by atoms with Crippen LogP contribution in [-0.4, -0.2) is 82.3 Å². The third-order valence-electron chi connectivity index (χ3n) is 7.99. The summed E-state index contributed by atoms with van der Waals surface area (Å²) >= 11 is 0. The number of halogens is 2. The van der Waals surface area contributed by atoms with E-state index in [1.165, 1.54) is 19.1 Å². The summed E-state index contributed by atoms with van der Waals surface area (Å²) in [7, 11) is 0. The van der Waals surface area contributed by atoms with Crippen molar-refractivity contribution in [3.05, 3.63) is 35.4 Å². The molecule has 1 unspecified atom stereocenters. The van der Waals surface area contributed by atoms with Crippen LogP contribution in [0.15, 0.2) is 18.2 Å². The SMILES string of the molecule is CC(=O)NC(CC(C)(C)C)C(=O)N1C[C@H](C)N(C(=O)[C@@H]2CN(C(C)(C)C)C[C@H]2c2ccc(F)cc2F)C[C@H]1C. The van der Waals surface area contributed by atoms with E-state index in [4.69, 9.17) is 0 Å². The Morgan fingerprint density at radius 3 is 2.08 bits per heavy atom. The smallest absolute Gasteiger partial charge is 0.245 e. The van der Waals surface area contributed by atoms with Gasteiger partial charge in [0.15, 0.2) is 0 Å². The molecule has 0 spiro atoms. The second kappa shape index (κ2) is 11.5. The Balaban J connectivity index is 1.83. The molecule has 0 radical (unpaired) electrons. The van der Waals surface area contributed by atoms with Gasteiger partial charge in [-0.25, -0.2) is 8.78 Å². The van der Waals surface area contributed by atoms with Gasteiger partial charge in [-0.2, -0.15) is 0 Å². The monoisotopic (exact) mass is 548 g/mol. The summed E-state index contributed by atoms with van der Waals surface area (Å²) in [6.45, 7) is 19.2. The van der Waals surface area contributed by atoms with Crippen molar-refractivity contribution in [3.8, 4) is 0 Å². The molecule has 2 saturated heterocycles. The Kier molecular flexibility index (Phi) is 9.15. The van der Waals surface area contributed by atoms with Gasteiger partial charge in [-0.15, -0.1) is 0 Å². The average molecular weight is 549 g/mol. The Hall–Kier alpha value is -2.55. The van der Waals surface area contributed by atoms with Gasteiger partial charge in [0, 0.05) is 62.7 Å². The van der Waals surface area contributed by atoms with Crippen LogP contribution in [0.2, 0.25) is 0 Å². The third kappa shape index (κ3) is 7.35. The van der Waals surface area contributed by atoms with Crippen molar-refractivity contribution in [3.63, 3.8) is 0 Å².